The van der Waals surface area contributed by atoms with E-state index < -0.39 is 23.6 Å². The summed E-state index contributed by atoms with van der Waals surface area (Å²) in [6.07, 6.45) is -1.09. The highest BCUT2D eigenvalue weighted by Crippen LogP contribution is 2.33. The molecular formula is C25H19F3N6O3. The smallest absolute Gasteiger partial charge is 0.416 e. The molecule has 0 saturated carbocycles. The Balaban J connectivity index is 1.54. The minimum Gasteiger partial charge on any atom is -0.494 e. The van der Waals surface area contributed by atoms with E-state index >= 15 is 0 Å². The molecule has 0 spiro atoms. The van der Waals surface area contributed by atoms with Crippen LogP contribution in [0.15, 0.2) is 73.7 Å². The van der Waals surface area contributed by atoms with Crippen LogP contribution in [0.1, 0.15) is 15.9 Å². The molecule has 2 aromatic heterocycles. The molecule has 0 atom stereocenters. The summed E-state index contributed by atoms with van der Waals surface area (Å²) in [7, 11) is 1.46. The maximum absolute atomic E-state index is 12.9. The zero-order chi connectivity index (χ0) is 26.6. The highest BCUT2D eigenvalue weighted by Gasteiger charge is 2.30. The zero-order valence-corrected chi connectivity index (χ0v) is 19.3. The third-order valence-electron chi connectivity index (χ3n) is 5.14. The van der Waals surface area contributed by atoms with Gasteiger partial charge in [0.2, 0.25) is 5.91 Å². The Hall–Kier alpha value is -5.00. The van der Waals surface area contributed by atoms with Crippen LogP contribution in [0.5, 0.6) is 5.75 Å². The summed E-state index contributed by atoms with van der Waals surface area (Å²) < 4.78 is 44.0. The fraction of sp³-hybridized carbons (Fsp3) is 0.0800. The van der Waals surface area contributed by atoms with Gasteiger partial charge in [-0.25, -0.2) is 15.0 Å². The number of amides is 2. The molecule has 188 valence electrons. The summed E-state index contributed by atoms with van der Waals surface area (Å²) in [5.74, 6) is -0.437. The Kier molecular flexibility index (Phi) is 7.00. The molecule has 4 rings (SSSR count). The maximum Gasteiger partial charge on any atom is 0.416 e. The highest BCUT2D eigenvalue weighted by molar-refractivity contribution is 6.05. The fourth-order valence-electron chi connectivity index (χ4n) is 3.34. The van der Waals surface area contributed by atoms with E-state index in [1.807, 2.05) is 0 Å². The van der Waals surface area contributed by atoms with Gasteiger partial charge in [0.25, 0.3) is 5.91 Å². The molecule has 2 amide bonds. The summed E-state index contributed by atoms with van der Waals surface area (Å²) in [6.45, 7) is 3.44. The molecule has 12 heteroatoms. The molecule has 9 nitrogen and oxygen atoms in total. The van der Waals surface area contributed by atoms with Gasteiger partial charge in [-0.3, -0.25) is 9.59 Å². The molecule has 0 aliphatic heterocycles. The van der Waals surface area contributed by atoms with Crippen LogP contribution in [0.25, 0.3) is 10.9 Å². The van der Waals surface area contributed by atoms with E-state index in [4.69, 9.17) is 4.74 Å². The third kappa shape index (κ3) is 5.81. The summed E-state index contributed by atoms with van der Waals surface area (Å²) in [6, 6.07) is 11.1. The number of methoxy groups -OCH3 is 1. The first-order valence-corrected chi connectivity index (χ1v) is 10.7. The number of benzene rings is 2. The zero-order valence-electron chi connectivity index (χ0n) is 19.3. The summed E-state index contributed by atoms with van der Waals surface area (Å²) in [4.78, 5) is 36.6. The maximum atomic E-state index is 12.9. The number of hydrogen-bond donors (Lipinski definition) is 3. The number of nitrogens with one attached hydrogen (secondary N) is 3. The van der Waals surface area contributed by atoms with Gasteiger partial charge in [-0.1, -0.05) is 6.58 Å². The predicted octanol–water partition coefficient (Wildman–Crippen LogP) is 5.17. The van der Waals surface area contributed by atoms with Crippen molar-refractivity contribution in [1.29, 1.82) is 0 Å². The first kappa shape index (κ1) is 25.1. The lowest BCUT2D eigenvalue weighted by Gasteiger charge is -2.13. The Labute approximate surface area is 208 Å². The monoisotopic (exact) mass is 508 g/mol. The third-order valence-corrected chi connectivity index (χ3v) is 5.14. The van der Waals surface area contributed by atoms with Crippen molar-refractivity contribution in [3.8, 4) is 5.75 Å². The van der Waals surface area contributed by atoms with Gasteiger partial charge >= 0.3 is 6.18 Å². The van der Waals surface area contributed by atoms with Crippen molar-refractivity contribution in [3.05, 3.63) is 84.8 Å². The lowest BCUT2D eigenvalue weighted by molar-refractivity contribution is -0.137. The lowest BCUT2D eigenvalue weighted by atomic mass is 10.1. The van der Waals surface area contributed by atoms with E-state index in [0.717, 1.165) is 24.4 Å². The number of halogens is 3. The van der Waals surface area contributed by atoms with Gasteiger partial charge in [0.15, 0.2) is 0 Å². The molecule has 4 aromatic rings. The standard InChI is InChI=1S/C25H19F3N6O3/c1-3-22(35)33-19-11-17-18(12-20(19)37-2)30-13-31-23(17)32-16-6-4-14(5-7-16)24(36)34-21-10-15(8-9-29-21)25(26,27)28/h3-13H,1H2,2H3,(H,33,35)(H,29,34,36)(H,30,31,32). The lowest BCUT2D eigenvalue weighted by Crippen LogP contribution is -2.14. The van der Waals surface area contributed by atoms with Gasteiger partial charge in [-0.2, -0.15) is 13.2 Å². The number of alkyl halides is 3. The molecule has 2 aromatic carbocycles. The Morgan fingerprint density at radius 3 is 2.43 bits per heavy atom. The number of aromatic nitrogens is 3. The largest absolute Gasteiger partial charge is 0.494 e. The molecule has 2 heterocycles. The number of rotatable bonds is 7. The van der Waals surface area contributed by atoms with Gasteiger partial charge in [0.05, 0.1) is 23.9 Å². The van der Waals surface area contributed by atoms with E-state index in [1.54, 1.807) is 24.3 Å². The van der Waals surface area contributed by atoms with Gasteiger partial charge in [0.1, 0.15) is 23.7 Å². The Bertz CT molecular complexity index is 1490. The van der Waals surface area contributed by atoms with Crippen LogP contribution >= 0.6 is 0 Å². The van der Waals surface area contributed by atoms with Crippen LogP contribution in [0.3, 0.4) is 0 Å². The van der Waals surface area contributed by atoms with Crippen LogP contribution in [0, 0.1) is 0 Å². The van der Waals surface area contributed by atoms with Crippen LogP contribution in [-0.4, -0.2) is 33.9 Å². The van der Waals surface area contributed by atoms with E-state index in [0.29, 0.717) is 33.8 Å². The molecule has 3 N–H and O–H groups in total. The molecule has 0 radical (unpaired) electrons. The van der Waals surface area contributed by atoms with Gasteiger partial charge in [0, 0.05) is 28.9 Å². The van der Waals surface area contributed by atoms with E-state index in [-0.39, 0.29) is 11.4 Å². The molecule has 0 aliphatic rings. The SMILES string of the molecule is C=CC(=O)Nc1cc2c(Nc3ccc(C(=O)Nc4cc(C(F)(F)F)ccn4)cc3)ncnc2cc1OC. The van der Waals surface area contributed by atoms with E-state index in [1.165, 1.54) is 25.6 Å². The van der Waals surface area contributed by atoms with Crippen molar-refractivity contribution in [2.75, 3.05) is 23.1 Å². The average molecular weight is 508 g/mol. The molecule has 0 aliphatic carbocycles. The molecule has 0 fully saturated rings. The van der Waals surface area contributed by atoms with Gasteiger partial charge in [-0.15, -0.1) is 0 Å². The predicted molar refractivity (Wildman–Crippen MR) is 132 cm³/mol. The summed E-state index contributed by atoms with van der Waals surface area (Å²) in [5.41, 5.74) is 0.806. The van der Waals surface area contributed by atoms with Crippen LogP contribution < -0.4 is 20.7 Å². The fourth-order valence-corrected chi connectivity index (χ4v) is 3.34. The van der Waals surface area contributed by atoms with Crippen molar-refractivity contribution in [3.63, 3.8) is 0 Å². The highest BCUT2D eigenvalue weighted by atomic mass is 19.4. The number of carbonyl (C=O) groups is 2. The first-order valence-electron chi connectivity index (χ1n) is 10.7. The Morgan fingerprint density at radius 1 is 1.00 bits per heavy atom. The molecule has 0 unspecified atom stereocenters. The number of pyridine rings is 1. The van der Waals surface area contributed by atoms with Crippen molar-refractivity contribution >= 4 is 45.7 Å². The average Bonchev–Trinajstić information content (AvgIpc) is 2.88. The van der Waals surface area contributed by atoms with E-state index in [2.05, 4.69) is 37.5 Å². The molecule has 0 bridgehead atoms. The summed E-state index contributed by atoms with van der Waals surface area (Å²) in [5, 5.41) is 8.73. The molecule has 0 saturated heterocycles. The number of hydrogen-bond acceptors (Lipinski definition) is 7. The van der Waals surface area contributed by atoms with Crippen molar-refractivity contribution < 1.29 is 27.5 Å². The topological polar surface area (TPSA) is 118 Å². The number of nitrogens with zero attached hydrogens (tertiary/aromatic N) is 3. The molecule has 37 heavy (non-hydrogen) atoms. The van der Waals surface area contributed by atoms with Crippen molar-refractivity contribution in [2.45, 2.75) is 6.18 Å². The van der Waals surface area contributed by atoms with Crippen LogP contribution in [0.2, 0.25) is 0 Å². The quantitative estimate of drug-likeness (QED) is 0.295. The minimum atomic E-state index is -4.55. The Morgan fingerprint density at radius 2 is 1.76 bits per heavy atom. The number of carbonyl (C=O) groups excluding carboxylic acids is 2. The molecular weight excluding hydrogens is 489 g/mol. The van der Waals surface area contributed by atoms with Gasteiger partial charge < -0.3 is 20.7 Å². The minimum absolute atomic E-state index is 0.205. The van der Waals surface area contributed by atoms with Crippen LogP contribution in [0.4, 0.5) is 36.2 Å². The van der Waals surface area contributed by atoms with Gasteiger partial charge in [-0.05, 0) is 48.5 Å². The first-order chi connectivity index (χ1) is 17.7. The summed E-state index contributed by atoms with van der Waals surface area (Å²) >= 11 is 0. The van der Waals surface area contributed by atoms with Crippen molar-refractivity contribution in [2.24, 2.45) is 0 Å². The normalized spacial score (nSPS) is 11.0. The second-order valence-corrected chi connectivity index (χ2v) is 7.57. The number of anilines is 4. The van der Waals surface area contributed by atoms with E-state index in [9.17, 15) is 22.8 Å². The van der Waals surface area contributed by atoms with Crippen LogP contribution in [-0.2, 0) is 11.0 Å². The van der Waals surface area contributed by atoms with Crippen molar-refractivity contribution in [1.82, 2.24) is 15.0 Å². The second-order valence-electron chi connectivity index (χ2n) is 7.57. The number of fused-ring (bicyclic) bond motifs is 1. The second kappa shape index (κ2) is 10.3. The number of ether oxygens (including phenoxy) is 1.